The number of halogens is 1. The molecule has 3 nitrogen and oxygen atoms in total. The second-order valence-electron chi connectivity index (χ2n) is 4.84. The molecule has 0 aliphatic carbocycles. The fourth-order valence-corrected chi connectivity index (χ4v) is 3.22. The van der Waals surface area contributed by atoms with Crippen molar-refractivity contribution >= 4 is 15.9 Å². The molecular formula is C15H22BrNO2. The highest BCUT2D eigenvalue weighted by Gasteiger charge is 2.24. The molecule has 4 heteroatoms. The summed E-state index contributed by atoms with van der Waals surface area (Å²) in [6, 6.07) is 6.76. The molecule has 1 saturated heterocycles. The van der Waals surface area contributed by atoms with Crippen molar-refractivity contribution in [1.82, 2.24) is 5.32 Å². The van der Waals surface area contributed by atoms with Crippen LogP contribution in [0.15, 0.2) is 22.7 Å². The third kappa shape index (κ3) is 3.71. The van der Waals surface area contributed by atoms with Crippen molar-refractivity contribution in [3.8, 4) is 5.75 Å². The second-order valence-corrected chi connectivity index (χ2v) is 5.69. The number of hydrogen-bond acceptors (Lipinski definition) is 3. The van der Waals surface area contributed by atoms with E-state index in [1.165, 1.54) is 5.56 Å². The molecule has 0 bridgehead atoms. The van der Waals surface area contributed by atoms with Crippen LogP contribution in [-0.2, 0) is 4.74 Å². The van der Waals surface area contributed by atoms with Crippen molar-refractivity contribution in [1.29, 1.82) is 0 Å². The lowest BCUT2D eigenvalue weighted by molar-refractivity contribution is 0.0546. The Morgan fingerprint density at radius 1 is 1.42 bits per heavy atom. The van der Waals surface area contributed by atoms with Gasteiger partial charge in [0.2, 0.25) is 0 Å². The lowest BCUT2D eigenvalue weighted by Crippen LogP contribution is -2.30. The fourth-order valence-electron chi connectivity index (χ4n) is 2.71. The van der Waals surface area contributed by atoms with Gasteiger partial charge in [0.15, 0.2) is 0 Å². The Labute approximate surface area is 123 Å². The van der Waals surface area contributed by atoms with Gasteiger partial charge in [-0.1, -0.05) is 6.07 Å². The summed E-state index contributed by atoms with van der Waals surface area (Å²) >= 11 is 3.59. The highest BCUT2D eigenvalue weighted by molar-refractivity contribution is 9.10. The maximum Gasteiger partial charge on any atom is 0.133 e. The Bertz CT molecular complexity index is 405. The molecule has 1 N–H and O–H groups in total. The zero-order chi connectivity index (χ0) is 13.7. The van der Waals surface area contributed by atoms with Crippen LogP contribution in [0.1, 0.15) is 31.4 Å². The van der Waals surface area contributed by atoms with Crippen LogP contribution in [0, 0.1) is 5.92 Å². The van der Waals surface area contributed by atoms with E-state index in [-0.39, 0.29) is 0 Å². The molecule has 1 aliphatic heterocycles. The van der Waals surface area contributed by atoms with Crippen LogP contribution in [-0.4, -0.2) is 26.9 Å². The fraction of sp³-hybridized carbons (Fsp3) is 0.600. The van der Waals surface area contributed by atoms with Gasteiger partial charge in [-0.05, 0) is 66.4 Å². The summed E-state index contributed by atoms with van der Waals surface area (Å²) in [6.45, 7) is 4.44. The van der Waals surface area contributed by atoms with Crippen LogP contribution in [0.5, 0.6) is 5.75 Å². The van der Waals surface area contributed by atoms with Crippen molar-refractivity contribution in [2.45, 2.75) is 25.8 Å². The molecule has 1 aromatic carbocycles. The Hall–Kier alpha value is -0.580. The Balaban J connectivity index is 2.15. The molecule has 1 aliphatic rings. The van der Waals surface area contributed by atoms with E-state index < -0.39 is 0 Å². The Morgan fingerprint density at radius 3 is 2.74 bits per heavy atom. The summed E-state index contributed by atoms with van der Waals surface area (Å²) in [5.41, 5.74) is 1.31. The molecule has 106 valence electrons. The maximum absolute atomic E-state index is 5.56. The van der Waals surface area contributed by atoms with Gasteiger partial charge in [-0.3, -0.25) is 0 Å². The van der Waals surface area contributed by atoms with Gasteiger partial charge in [-0.25, -0.2) is 0 Å². The summed E-state index contributed by atoms with van der Waals surface area (Å²) in [4.78, 5) is 0. The minimum Gasteiger partial charge on any atom is -0.493 e. The number of nitrogens with one attached hydrogen (secondary N) is 1. The Kier molecular flexibility index (Phi) is 5.67. The minimum atomic E-state index is 0.385. The summed E-state index contributed by atoms with van der Waals surface area (Å²) in [6.07, 6.45) is 2.24. The van der Waals surface area contributed by atoms with Crippen LogP contribution < -0.4 is 10.1 Å². The number of ether oxygens (including phenoxy) is 2. The number of benzene rings is 1. The first kappa shape index (κ1) is 14.8. The first-order valence-electron chi connectivity index (χ1n) is 6.93. The van der Waals surface area contributed by atoms with Crippen LogP contribution in [0.25, 0.3) is 0 Å². The predicted molar refractivity (Wildman–Crippen MR) is 80.7 cm³/mol. The van der Waals surface area contributed by atoms with E-state index in [0.717, 1.165) is 36.3 Å². The van der Waals surface area contributed by atoms with E-state index in [0.29, 0.717) is 18.6 Å². The van der Waals surface area contributed by atoms with E-state index in [9.17, 15) is 0 Å². The maximum atomic E-state index is 5.56. The summed E-state index contributed by atoms with van der Waals surface area (Å²) in [7, 11) is 2.03. The minimum absolute atomic E-state index is 0.385. The molecule has 19 heavy (non-hydrogen) atoms. The average Bonchev–Trinajstić information content (AvgIpc) is 2.44. The molecule has 0 radical (unpaired) electrons. The lowest BCUT2D eigenvalue weighted by Gasteiger charge is -2.30. The third-order valence-corrected chi connectivity index (χ3v) is 4.28. The molecule has 1 aromatic rings. The van der Waals surface area contributed by atoms with Gasteiger partial charge in [0, 0.05) is 19.3 Å². The van der Waals surface area contributed by atoms with Gasteiger partial charge in [0.25, 0.3) is 0 Å². The molecule has 2 rings (SSSR count). The van der Waals surface area contributed by atoms with E-state index in [2.05, 4.69) is 33.4 Å². The van der Waals surface area contributed by atoms with Crippen molar-refractivity contribution in [3.63, 3.8) is 0 Å². The summed E-state index contributed by atoms with van der Waals surface area (Å²) in [5.74, 6) is 1.55. The SMILES string of the molecule is CCOc1ccc(C(NC)C2CCOCC2)cc1Br. The van der Waals surface area contributed by atoms with Crippen molar-refractivity contribution in [3.05, 3.63) is 28.2 Å². The van der Waals surface area contributed by atoms with Gasteiger partial charge in [0.05, 0.1) is 11.1 Å². The van der Waals surface area contributed by atoms with Gasteiger partial charge in [-0.2, -0.15) is 0 Å². The molecule has 1 atom stereocenters. The largest absolute Gasteiger partial charge is 0.493 e. The van der Waals surface area contributed by atoms with E-state index in [4.69, 9.17) is 9.47 Å². The monoisotopic (exact) mass is 327 g/mol. The molecule has 0 aromatic heterocycles. The quantitative estimate of drug-likeness (QED) is 0.897. The second kappa shape index (κ2) is 7.27. The standard InChI is InChI=1S/C15H22BrNO2/c1-3-19-14-5-4-12(10-13(14)16)15(17-2)11-6-8-18-9-7-11/h4-5,10-11,15,17H,3,6-9H2,1-2H3. The Morgan fingerprint density at radius 2 is 2.16 bits per heavy atom. The normalized spacial score (nSPS) is 18.3. The molecular weight excluding hydrogens is 306 g/mol. The number of rotatable bonds is 5. The van der Waals surface area contributed by atoms with E-state index in [1.54, 1.807) is 0 Å². The van der Waals surface area contributed by atoms with Crippen molar-refractivity contribution in [2.75, 3.05) is 26.9 Å². The van der Waals surface area contributed by atoms with Crippen LogP contribution in [0.4, 0.5) is 0 Å². The molecule has 1 fully saturated rings. The molecule has 0 saturated carbocycles. The van der Waals surface area contributed by atoms with Crippen LogP contribution in [0.3, 0.4) is 0 Å². The van der Waals surface area contributed by atoms with Gasteiger partial charge in [-0.15, -0.1) is 0 Å². The van der Waals surface area contributed by atoms with Crippen molar-refractivity contribution in [2.24, 2.45) is 5.92 Å². The summed E-state index contributed by atoms with van der Waals surface area (Å²) in [5, 5.41) is 3.45. The topological polar surface area (TPSA) is 30.5 Å². The van der Waals surface area contributed by atoms with E-state index >= 15 is 0 Å². The number of hydrogen-bond donors (Lipinski definition) is 1. The summed E-state index contributed by atoms with van der Waals surface area (Å²) < 4.78 is 12.0. The average molecular weight is 328 g/mol. The van der Waals surface area contributed by atoms with Gasteiger partial charge < -0.3 is 14.8 Å². The lowest BCUT2D eigenvalue weighted by atomic mass is 9.87. The molecule has 0 spiro atoms. The molecule has 1 unspecified atom stereocenters. The first-order valence-corrected chi connectivity index (χ1v) is 7.72. The highest BCUT2D eigenvalue weighted by Crippen LogP contribution is 2.34. The zero-order valence-electron chi connectivity index (χ0n) is 11.6. The van der Waals surface area contributed by atoms with Gasteiger partial charge in [0.1, 0.15) is 5.75 Å². The van der Waals surface area contributed by atoms with Crippen LogP contribution >= 0.6 is 15.9 Å². The van der Waals surface area contributed by atoms with E-state index in [1.807, 2.05) is 20.0 Å². The smallest absolute Gasteiger partial charge is 0.133 e. The first-order chi connectivity index (χ1) is 9.26. The van der Waals surface area contributed by atoms with Crippen LogP contribution in [0.2, 0.25) is 0 Å². The molecule has 0 amide bonds. The van der Waals surface area contributed by atoms with Crippen molar-refractivity contribution < 1.29 is 9.47 Å². The van der Waals surface area contributed by atoms with Gasteiger partial charge >= 0.3 is 0 Å². The highest BCUT2D eigenvalue weighted by atomic mass is 79.9. The molecule has 1 heterocycles. The zero-order valence-corrected chi connectivity index (χ0v) is 13.2. The predicted octanol–water partition coefficient (Wildman–Crippen LogP) is 3.53. The third-order valence-electron chi connectivity index (χ3n) is 3.66.